The number of halogens is 6. The van der Waals surface area contributed by atoms with Crippen LogP contribution < -0.4 is 4.74 Å². The van der Waals surface area contributed by atoms with E-state index in [-0.39, 0.29) is 23.0 Å². The molecule has 0 aliphatic heterocycles. The lowest BCUT2D eigenvalue weighted by Crippen LogP contribution is -2.05. The average molecular weight is 480 g/mol. The fourth-order valence-corrected chi connectivity index (χ4v) is 3.40. The van der Waals surface area contributed by atoms with Crippen LogP contribution in [0.15, 0.2) is 60.7 Å². The first-order chi connectivity index (χ1) is 15.6. The molecule has 170 valence electrons. The lowest BCUT2D eigenvalue weighted by molar-refractivity contribution is -0.137. The standard InChI is InChI=1S/C23H15ClF5N3O/c1-32-22(30-21(31-32)20-17(25)3-2-4-18(20)26)14-7-10-19(16(24)11-14)33-12-13-5-8-15(9-6-13)23(27,28)29/h2-11H,12H2,1H3. The quantitative estimate of drug-likeness (QED) is 0.300. The van der Waals surface area contributed by atoms with E-state index in [0.29, 0.717) is 22.7 Å². The molecule has 10 heteroatoms. The van der Waals surface area contributed by atoms with E-state index in [0.717, 1.165) is 24.3 Å². The van der Waals surface area contributed by atoms with E-state index in [4.69, 9.17) is 16.3 Å². The van der Waals surface area contributed by atoms with E-state index in [1.807, 2.05) is 0 Å². The molecule has 0 amide bonds. The van der Waals surface area contributed by atoms with Gasteiger partial charge < -0.3 is 4.74 Å². The molecule has 0 unspecified atom stereocenters. The third kappa shape index (κ3) is 4.83. The van der Waals surface area contributed by atoms with Crippen molar-refractivity contribution in [1.82, 2.24) is 14.8 Å². The van der Waals surface area contributed by atoms with Gasteiger partial charge in [0.25, 0.3) is 0 Å². The van der Waals surface area contributed by atoms with Crippen LogP contribution in [0.3, 0.4) is 0 Å². The number of aryl methyl sites for hydroxylation is 1. The van der Waals surface area contributed by atoms with Gasteiger partial charge in [0.15, 0.2) is 11.6 Å². The first-order valence-electron chi connectivity index (χ1n) is 9.58. The Bertz CT molecular complexity index is 1280. The SMILES string of the molecule is Cn1nc(-c2c(F)cccc2F)nc1-c1ccc(OCc2ccc(C(F)(F)F)cc2)c(Cl)c1. The van der Waals surface area contributed by atoms with Gasteiger partial charge in [-0.1, -0.05) is 29.8 Å². The van der Waals surface area contributed by atoms with Crippen molar-refractivity contribution in [3.8, 4) is 28.5 Å². The smallest absolute Gasteiger partial charge is 0.416 e. The van der Waals surface area contributed by atoms with Crippen LogP contribution >= 0.6 is 11.6 Å². The van der Waals surface area contributed by atoms with Gasteiger partial charge in [-0.25, -0.2) is 18.4 Å². The number of aromatic nitrogens is 3. The van der Waals surface area contributed by atoms with Crippen molar-refractivity contribution in [2.45, 2.75) is 12.8 Å². The summed E-state index contributed by atoms with van der Waals surface area (Å²) >= 11 is 6.31. The first kappa shape index (κ1) is 22.7. The van der Waals surface area contributed by atoms with Crippen LogP contribution in [0.25, 0.3) is 22.8 Å². The first-order valence-corrected chi connectivity index (χ1v) is 9.95. The van der Waals surface area contributed by atoms with Crippen molar-refractivity contribution >= 4 is 11.6 Å². The number of ether oxygens (including phenoxy) is 1. The summed E-state index contributed by atoms with van der Waals surface area (Å²) in [4.78, 5) is 4.24. The summed E-state index contributed by atoms with van der Waals surface area (Å²) in [6.07, 6.45) is -4.41. The number of hydrogen-bond donors (Lipinski definition) is 0. The van der Waals surface area contributed by atoms with E-state index in [1.54, 1.807) is 25.2 Å². The van der Waals surface area contributed by atoms with Gasteiger partial charge in [0, 0.05) is 12.6 Å². The largest absolute Gasteiger partial charge is 0.487 e. The van der Waals surface area contributed by atoms with Crippen LogP contribution in [0.2, 0.25) is 5.02 Å². The Morgan fingerprint density at radius 3 is 2.24 bits per heavy atom. The van der Waals surface area contributed by atoms with Gasteiger partial charge in [-0.2, -0.15) is 18.3 Å². The van der Waals surface area contributed by atoms with Crippen LogP contribution in [0, 0.1) is 11.6 Å². The predicted molar refractivity (Wildman–Crippen MR) is 113 cm³/mol. The summed E-state index contributed by atoms with van der Waals surface area (Å²) < 4.78 is 73.2. The molecule has 0 bridgehead atoms. The lowest BCUT2D eigenvalue weighted by Gasteiger charge is -2.11. The monoisotopic (exact) mass is 479 g/mol. The lowest BCUT2D eigenvalue weighted by atomic mass is 10.1. The third-order valence-corrected chi connectivity index (χ3v) is 5.11. The third-order valence-electron chi connectivity index (χ3n) is 4.82. The molecule has 0 saturated carbocycles. The molecule has 0 atom stereocenters. The van der Waals surface area contributed by atoms with Gasteiger partial charge in [-0.05, 0) is 48.0 Å². The molecule has 3 aromatic carbocycles. The molecule has 4 rings (SSSR count). The topological polar surface area (TPSA) is 39.9 Å². The van der Waals surface area contributed by atoms with Gasteiger partial charge in [0.1, 0.15) is 24.0 Å². The Balaban J connectivity index is 1.53. The Hall–Kier alpha value is -3.46. The summed E-state index contributed by atoms with van der Waals surface area (Å²) in [6, 6.07) is 12.9. The van der Waals surface area contributed by atoms with Gasteiger partial charge in [0.05, 0.1) is 16.1 Å². The number of rotatable bonds is 5. The highest BCUT2D eigenvalue weighted by molar-refractivity contribution is 6.32. The molecule has 1 aromatic heterocycles. The maximum atomic E-state index is 14.1. The zero-order chi connectivity index (χ0) is 23.8. The number of benzene rings is 3. The maximum absolute atomic E-state index is 14.1. The zero-order valence-electron chi connectivity index (χ0n) is 17.0. The molecular formula is C23H15ClF5N3O. The van der Waals surface area contributed by atoms with E-state index < -0.39 is 23.4 Å². The molecule has 0 radical (unpaired) electrons. The number of hydrogen-bond acceptors (Lipinski definition) is 3. The summed E-state index contributed by atoms with van der Waals surface area (Å²) in [7, 11) is 1.58. The van der Waals surface area contributed by atoms with Gasteiger partial charge >= 0.3 is 6.18 Å². The van der Waals surface area contributed by atoms with Crippen molar-refractivity contribution in [2.75, 3.05) is 0 Å². The van der Waals surface area contributed by atoms with Crippen molar-refractivity contribution in [3.63, 3.8) is 0 Å². The number of alkyl halides is 3. The summed E-state index contributed by atoms with van der Waals surface area (Å²) in [5, 5.41) is 4.33. The predicted octanol–water partition coefficient (Wildman–Crippen LogP) is 6.68. The minimum Gasteiger partial charge on any atom is -0.487 e. The summed E-state index contributed by atoms with van der Waals surface area (Å²) in [5.74, 6) is -1.04. The molecule has 33 heavy (non-hydrogen) atoms. The highest BCUT2D eigenvalue weighted by Gasteiger charge is 2.30. The van der Waals surface area contributed by atoms with Gasteiger partial charge in [-0.15, -0.1) is 0 Å². The molecule has 0 N–H and O–H groups in total. The summed E-state index contributed by atoms with van der Waals surface area (Å²) in [6.45, 7) is 0.0118. The van der Waals surface area contributed by atoms with Crippen molar-refractivity contribution in [3.05, 3.63) is 88.4 Å². The molecule has 0 fully saturated rings. The second-order valence-corrected chi connectivity index (χ2v) is 7.52. The Morgan fingerprint density at radius 1 is 0.970 bits per heavy atom. The minimum absolute atomic E-state index is 0.0118. The van der Waals surface area contributed by atoms with E-state index >= 15 is 0 Å². The van der Waals surface area contributed by atoms with Crippen LogP contribution in [-0.2, 0) is 19.8 Å². The maximum Gasteiger partial charge on any atom is 0.416 e. The van der Waals surface area contributed by atoms with Crippen molar-refractivity contribution in [2.24, 2.45) is 7.05 Å². The average Bonchev–Trinajstić information content (AvgIpc) is 3.13. The van der Waals surface area contributed by atoms with Gasteiger partial charge in [-0.3, -0.25) is 0 Å². The molecule has 0 saturated heterocycles. The second kappa shape index (κ2) is 8.82. The minimum atomic E-state index is -4.41. The molecule has 0 aliphatic rings. The normalized spacial score (nSPS) is 11.6. The van der Waals surface area contributed by atoms with Crippen LogP contribution in [0.4, 0.5) is 22.0 Å². The highest BCUT2D eigenvalue weighted by atomic mass is 35.5. The van der Waals surface area contributed by atoms with Crippen LogP contribution in [-0.4, -0.2) is 14.8 Å². The summed E-state index contributed by atoms with van der Waals surface area (Å²) in [5.41, 5.74) is -0.0123. The zero-order valence-corrected chi connectivity index (χ0v) is 17.8. The Labute approximate surface area is 190 Å². The molecule has 4 aromatic rings. The number of nitrogens with zero attached hydrogens (tertiary/aromatic N) is 3. The molecule has 1 heterocycles. The molecule has 4 nitrogen and oxygen atoms in total. The molecule has 0 aliphatic carbocycles. The van der Waals surface area contributed by atoms with Crippen molar-refractivity contribution < 1.29 is 26.7 Å². The second-order valence-electron chi connectivity index (χ2n) is 7.11. The van der Waals surface area contributed by atoms with E-state index in [1.165, 1.54) is 22.9 Å². The van der Waals surface area contributed by atoms with E-state index in [9.17, 15) is 22.0 Å². The Kier molecular flexibility index (Phi) is 6.07. The van der Waals surface area contributed by atoms with E-state index in [2.05, 4.69) is 10.1 Å². The van der Waals surface area contributed by atoms with Crippen molar-refractivity contribution in [1.29, 1.82) is 0 Å². The Morgan fingerprint density at radius 2 is 1.64 bits per heavy atom. The molecular weight excluding hydrogens is 465 g/mol. The fraction of sp³-hybridized carbons (Fsp3) is 0.130. The van der Waals surface area contributed by atoms with Crippen LogP contribution in [0.1, 0.15) is 11.1 Å². The van der Waals surface area contributed by atoms with Gasteiger partial charge in [0.2, 0.25) is 0 Å². The van der Waals surface area contributed by atoms with Crippen LogP contribution in [0.5, 0.6) is 5.75 Å². The molecule has 0 spiro atoms. The fourth-order valence-electron chi connectivity index (χ4n) is 3.16. The highest BCUT2D eigenvalue weighted by Crippen LogP contribution is 2.33.